The van der Waals surface area contributed by atoms with Crippen molar-refractivity contribution in [2.45, 2.75) is 43.3 Å². The van der Waals surface area contributed by atoms with Crippen molar-refractivity contribution < 1.29 is 17.2 Å². The molecule has 0 radical (unpaired) electrons. The smallest absolute Gasteiger partial charge is 0.250 e. The Balaban J connectivity index is 1.51. The van der Waals surface area contributed by atoms with Crippen LogP contribution >= 0.6 is 0 Å². The lowest BCUT2D eigenvalue weighted by Crippen LogP contribution is -2.49. The van der Waals surface area contributed by atoms with Crippen LogP contribution in [0.15, 0.2) is 18.5 Å². The van der Waals surface area contributed by atoms with Crippen molar-refractivity contribution in [1.82, 2.24) is 28.9 Å². The molecule has 3 aromatic rings. The van der Waals surface area contributed by atoms with E-state index in [1.165, 1.54) is 4.31 Å². The number of H-pyrrole nitrogens is 1. The van der Waals surface area contributed by atoms with Crippen LogP contribution in [-0.4, -0.2) is 61.6 Å². The molecule has 1 saturated carbocycles. The molecule has 28 heavy (non-hydrogen) atoms. The largest absolute Gasteiger partial charge is 0.345 e. The standard InChI is InChI=1S/C17H20F2N6O2S/c1-2-10-8-24(28(26,27)11-5-17(18,19)6-11)9-12(10)16-23-22-14-7-21-15-13(25(14)16)3-4-20-15/h3-4,7,10-12,20H,2,5-6,8-9H2,1H3/t10-,12+/m0/s1. The highest BCUT2D eigenvalue weighted by atomic mass is 32.2. The van der Waals surface area contributed by atoms with E-state index in [1.807, 2.05) is 17.4 Å². The molecular weight excluding hydrogens is 390 g/mol. The van der Waals surface area contributed by atoms with Crippen LogP contribution in [0.25, 0.3) is 16.8 Å². The molecule has 1 N–H and O–H groups in total. The molecule has 8 nitrogen and oxygen atoms in total. The fourth-order valence-corrected chi connectivity index (χ4v) is 6.51. The molecule has 0 spiro atoms. The molecule has 2 atom stereocenters. The highest BCUT2D eigenvalue weighted by Crippen LogP contribution is 2.45. The van der Waals surface area contributed by atoms with Gasteiger partial charge in [-0.2, -0.15) is 0 Å². The van der Waals surface area contributed by atoms with Crippen LogP contribution in [0.1, 0.15) is 37.9 Å². The van der Waals surface area contributed by atoms with E-state index in [0.717, 1.165) is 11.9 Å². The molecule has 150 valence electrons. The van der Waals surface area contributed by atoms with Gasteiger partial charge in [-0.3, -0.25) is 4.40 Å². The van der Waals surface area contributed by atoms with Crippen LogP contribution in [-0.2, 0) is 10.0 Å². The molecule has 1 aliphatic heterocycles. The summed E-state index contributed by atoms with van der Waals surface area (Å²) < 4.78 is 55.4. The van der Waals surface area contributed by atoms with Crippen molar-refractivity contribution in [2.24, 2.45) is 5.92 Å². The van der Waals surface area contributed by atoms with Crippen LogP contribution in [0.2, 0.25) is 0 Å². The summed E-state index contributed by atoms with van der Waals surface area (Å²) in [6, 6.07) is 1.88. The van der Waals surface area contributed by atoms with Gasteiger partial charge >= 0.3 is 0 Å². The van der Waals surface area contributed by atoms with Crippen LogP contribution in [0, 0.1) is 5.92 Å². The highest BCUT2D eigenvalue weighted by Gasteiger charge is 2.54. The first-order valence-corrected chi connectivity index (χ1v) is 10.8. The van der Waals surface area contributed by atoms with Gasteiger partial charge in [-0.15, -0.1) is 10.2 Å². The zero-order chi connectivity index (χ0) is 19.7. The Kier molecular flexibility index (Phi) is 3.80. The van der Waals surface area contributed by atoms with Gasteiger partial charge < -0.3 is 4.98 Å². The lowest BCUT2D eigenvalue weighted by atomic mass is 9.93. The normalized spacial score (nSPS) is 26.2. The van der Waals surface area contributed by atoms with E-state index in [9.17, 15) is 17.2 Å². The number of rotatable bonds is 4. The summed E-state index contributed by atoms with van der Waals surface area (Å²) in [5.74, 6) is -2.29. The maximum atomic E-state index is 13.2. The second-order valence-electron chi connectivity index (χ2n) is 7.74. The number of sulfonamides is 1. The number of halogens is 2. The molecule has 1 saturated heterocycles. The van der Waals surface area contributed by atoms with Gasteiger partial charge in [0.1, 0.15) is 5.82 Å². The summed E-state index contributed by atoms with van der Waals surface area (Å²) in [7, 11) is -3.75. The maximum absolute atomic E-state index is 13.2. The lowest BCUT2D eigenvalue weighted by molar-refractivity contribution is -0.0694. The zero-order valence-electron chi connectivity index (χ0n) is 15.2. The van der Waals surface area contributed by atoms with Gasteiger partial charge in [0.15, 0.2) is 11.3 Å². The number of nitrogens with one attached hydrogen (secondary N) is 1. The average Bonchev–Trinajstić information content (AvgIpc) is 3.34. The number of hydrogen-bond acceptors (Lipinski definition) is 5. The first-order valence-electron chi connectivity index (χ1n) is 9.34. The zero-order valence-corrected chi connectivity index (χ0v) is 16.0. The van der Waals surface area contributed by atoms with E-state index in [-0.39, 0.29) is 18.4 Å². The van der Waals surface area contributed by atoms with Crippen molar-refractivity contribution in [2.75, 3.05) is 13.1 Å². The second kappa shape index (κ2) is 5.93. The third kappa shape index (κ3) is 2.55. The molecular formula is C17H20F2N6O2S. The van der Waals surface area contributed by atoms with Gasteiger partial charge in [0.25, 0.3) is 5.92 Å². The van der Waals surface area contributed by atoms with Crippen molar-refractivity contribution in [1.29, 1.82) is 0 Å². The molecule has 2 aliphatic rings. The van der Waals surface area contributed by atoms with Gasteiger partial charge in [0.05, 0.1) is 17.0 Å². The number of nitrogens with zero attached hydrogens (tertiary/aromatic N) is 5. The first-order chi connectivity index (χ1) is 13.3. The number of alkyl halides is 2. The predicted octanol–water partition coefficient (Wildman–Crippen LogP) is 2.16. The van der Waals surface area contributed by atoms with Gasteiger partial charge in [-0.25, -0.2) is 26.5 Å². The Hall–Kier alpha value is -2.14. The highest BCUT2D eigenvalue weighted by molar-refractivity contribution is 7.89. The number of aromatic amines is 1. The fraction of sp³-hybridized carbons (Fsp3) is 0.588. The molecule has 0 unspecified atom stereocenters. The van der Waals surface area contributed by atoms with E-state index in [4.69, 9.17) is 0 Å². The third-order valence-corrected chi connectivity index (χ3v) is 8.26. The van der Waals surface area contributed by atoms with Gasteiger partial charge in [0.2, 0.25) is 10.0 Å². The Morgan fingerprint density at radius 2 is 2.07 bits per heavy atom. The van der Waals surface area contributed by atoms with Crippen LogP contribution < -0.4 is 0 Å². The SMILES string of the molecule is CC[C@H]1CN(S(=O)(=O)C2CC(F)(F)C2)C[C@H]1c1nnc2cnc3[nH]ccc3n12. The van der Waals surface area contributed by atoms with E-state index >= 15 is 0 Å². The number of fused-ring (bicyclic) bond motifs is 3. The summed E-state index contributed by atoms with van der Waals surface area (Å²) in [5.41, 5.74) is 2.12. The Bertz CT molecular complexity index is 1150. The van der Waals surface area contributed by atoms with Crippen LogP contribution in [0.4, 0.5) is 8.78 Å². The second-order valence-corrected chi connectivity index (χ2v) is 9.96. The number of hydrogen-bond donors (Lipinski definition) is 1. The van der Waals surface area contributed by atoms with Gasteiger partial charge in [-0.05, 0) is 12.0 Å². The quantitative estimate of drug-likeness (QED) is 0.711. The van der Waals surface area contributed by atoms with Crippen LogP contribution in [0.5, 0.6) is 0 Å². The van der Waals surface area contributed by atoms with Crippen molar-refractivity contribution in [3.05, 3.63) is 24.3 Å². The molecule has 1 aliphatic carbocycles. The molecule has 0 bridgehead atoms. The summed E-state index contributed by atoms with van der Waals surface area (Å²) in [4.78, 5) is 7.35. The van der Waals surface area contributed by atoms with E-state index in [2.05, 4.69) is 20.2 Å². The van der Waals surface area contributed by atoms with Gasteiger partial charge in [0, 0.05) is 38.0 Å². The fourth-order valence-electron chi connectivity index (χ4n) is 4.41. The average molecular weight is 410 g/mol. The van der Waals surface area contributed by atoms with Crippen LogP contribution in [0.3, 0.4) is 0 Å². The Morgan fingerprint density at radius 1 is 1.29 bits per heavy atom. The maximum Gasteiger partial charge on any atom is 0.250 e. The third-order valence-electron chi connectivity index (χ3n) is 6.06. The first kappa shape index (κ1) is 17.9. The predicted molar refractivity (Wildman–Crippen MR) is 97.6 cm³/mol. The topological polar surface area (TPSA) is 96.2 Å². The van der Waals surface area contributed by atoms with Gasteiger partial charge in [-0.1, -0.05) is 13.3 Å². The summed E-state index contributed by atoms with van der Waals surface area (Å²) >= 11 is 0. The molecule has 3 aromatic heterocycles. The molecule has 11 heteroatoms. The van der Waals surface area contributed by atoms with E-state index < -0.39 is 34.0 Å². The van der Waals surface area contributed by atoms with Crippen molar-refractivity contribution in [3.8, 4) is 0 Å². The minimum Gasteiger partial charge on any atom is -0.345 e. The van der Waals surface area contributed by atoms with E-state index in [1.54, 1.807) is 12.4 Å². The lowest BCUT2D eigenvalue weighted by Gasteiger charge is -2.36. The van der Waals surface area contributed by atoms with Crippen molar-refractivity contribution in [3.63, 3.8) is 0 Å². The molecule has 2 fully saturated rings. The molecule has 5 rings (SSSR count). The Labute approximate surface area is 160 Å². The summed E-state index contributed by atoms with van der Waals surface area (Å²) in [5, 5.41) is 7.55. The summed E-state index contributed by atoms with van der Waals surface area (Å²) in [6.07, 6.45) is 2.98. The minimum atomic E-state index is -3.75. The summed E-state index contributed by atoms with van der Waals surface area (Å²) in [6.45, 7) is 2.56. The molecule has 0 amide bonds. The van der Waals surface area contributed by atoms with Crippen molar-refractivity contribution >= 4 is 26.8 Å². The molecule has 4 heterocycles. The minimum absolute atomic E-state index is 0.0462. The van der Waals surface area contributed by atoms with E-state index in [0.29, 0.717) is 23.7 Å². The number of aromatic nitrogens is 5. The molecule has 0 aromatic carbocycles. The Morgan fingerprint density at radius 3 is 2.79 bits per heavy atom. The monoisotopic (exact) mass is 410 g/mol.